The maximum atomic E-state index is 13.0. The summed E-state index contributed by atoms with van der Waals surface area (Å²) in [5, 5.41) is 4.91. The van der Waals surface area contributed by atoms with Gasteiger partial charge in [0.1, 0.15) is 6.04 Å². The van der Waals surface area contributed by atoms with E-state index in [-0.39, 0.29) is 18.1 Å². The molecule has 8 heteroatoms. The lowest BCUT2D eigenvalue weighted by Crippen LogP contribution is -2.58. The molecule has 1 fully saturated rings. The first kappa shape index (κ1) is 17.4. The average Bonchev–Trinajstić information content (AvgIpc) is 2.95. The number of hydrogen-bond acceptors (Lipinski definition) is 4. The van der Waals surface area contributed by atoms with Crippen molar-refractivity contribution in [1.29, 1.82) is 0 Å². The van der Waals surface area contributed by atoms with Gasteiger partial charge in [-0.1, -0.05) is 23.7 Å². The summed E-state index contributed by atoms with van der Waals surface area (Å²) in [6.07, 6.45) is 1.28. The van der Waals surface area contributed by atoms with Crippen LogP contribution in [0.1, 0.15) is 23.0 Å². The summed E-state index contributed by atoms with van der Waals surface area (Å²) >= 11 is 6.20. The predicted molar refractivity (Wildman–Crippen MR) is 92.7 cm³/mol. The molecule has 1 aliphatic rings. The third-order valence-corrected chi connectivity index (χ3v) is 4.56. The first-order valence-corrected chi connectivity index (χ1v) is 8.31. The number of amides is 2. The monoisotopic (exact) mass is 362 g/mol. The van der Waals surface area contributed by atoms with Gasteiger partial charge in [-0.05, 0) is 26.0 Å². The van der Waals surface area contributed by atoms with Crippen molar-refractivity contribution in [2.75, 3.05) is 13.2 Å². The van der Waals surface area contributed by atoms with Crippen LogP contribution in [0, 0.1) is 6.92 Å². The molecule has 2 N–H and O–H groups in total. The summed E-state index contributed by atoms with van der Waals surface area (Å²) in [5.74, 6) is -0.939. The van der Waals surface area contributed by atoms with E-state index in [1.807, 2.05) is 18.2 Å². The molecule has 1 aromatic carbocycles. The molecule has 2 amide bonds. The highest BCUT2D eigenvalue weighted by molar-refractivity contribution is 6.32. The van der Waals surface area contributed by atoms with E-state index < -0.39 is 18.1 Å². The quantitative estimate of drug-likeness (QED) is 0.896. The van der Waals surface area contributed by atoms with Crippen molar-refractivity contribution in [3.05, 3.63) is 46.7 Å². The standard InChI is InChI=1S/C17H19ClN4O3/c1-10-9-22(13-6-4-3-5-12(13)18)20-14(10)17(24)21-7-8-25-11(2)15(21)16(19)23/h3-6,9,11,15H,7-8H2,1-2H3,(H2,19,23)/t11-,15+/m1/s1. The van der Waals surface area contributed by atoms with E-state index in [1.54, 1.807) is 30.8 Å². The summed E-state index contributed by atoms with van der Waals surface area (Å²) in [7, 11) is 0. The number of hydrogen-bond donors (Lipinski definition) is 1. The summed E-state index contributed by atoms with van der Waals surface area (Å²) < 4.78 is 7.01. The molecule has 3 rings (SSSR count). The Kier molecular flexibility index (Phi) is 4.78. The highest BCUT2D eigenvalue weighted by atomic mass is 35.5. The van der Waals surface area contributed by atoms with Gasteiger partial charge in [0.15, 0.2) is 5.69 Å². The second-order valence-electron chi connectivity index (χ2n) is 5.98. The molecule has 1 saturated heterocycles. The number of carbonyl (C=O) groups is 2. The number of aryl methyl sites for hydroxylation is 1. The number of nitrogens with zero attached hydrogens (tertiary/aromatic N) is 3. The maximum Gasteiger partial charge on any atom is 0.275 e. The SMILES string of the molecule is Cc1cn(-c2ccccc2Cl)nc1C(=O)N1CCO[C@H](C)[C@H]1C(N)=O. The first-order valence-electron chi connectivity index (χ1n) is 7.93. The molecule has 132 valence electrons. The number of benzene rings is 1. The van der Waals surface area contributed by atoms with Crippen LogP contribution in [-0.2, 0) is 9.53 Å². The number of aromatic nitrogens is 2. The Morgan fingerprint density at radius 1 is 1.36 bits per heavy atom. The molecule has 0 saturated carbocycles. The Hall–Kier alpha value is -2.38. The molecule has 0 aliphatic carbocycles. The fourth-order valence-electron chi connectivity index (χ4n) is 3.00. The van der Waals surface area contributed by atoms with Gasteiger partial charge < -0.3 is 15.4 Å². The summed E-state index contributed by atoms with van der Waals surface area (Å²) in [6, 6.07) is 6.41. The zero-order valence-electron chi connectivity index (χ0n) is 14.0. The zero-order chi connectivity index (χ0) is 18.1. The largest absolute Gasteiger partial charge is 0.374 e. The molecule has 7 nitrogen and oxygen atoms in total. The fraction of sp³-hybridized carbons (Fsp3) is 0.353. The van der Waals surface area contributed by atoms with Gasteiger partial charge in [0.25, 0.3) is 5.91 Å². The van der Waals surface area contributed by atoms with Crippen molar-refractivity contribution in [3.63, 3.8) is 0 Å². The minimum absolute atomic E-state index is 0.264. The van der Waals surface area contributed by atoms with Crippen LogP contribution in [0.15, 0.2) is 30.5 Å². The third-order valence-electron chi connectivity index (χ3n) is 4.24. The van der Waals surface area contributed by atoms with Gasteiger partial charge in [-0.15, -0.1) is 0 Å². The van der Waals surface area contributed by atoms with Crippen LogP contribution in [0.2, 0.25) is 5.02 Å². The Morgan fingerprint density at radius 2 is 2.08 bits per heavy atom. The number of primary amides is 1. The number of para-hydroxylation sites is 1. The van der Waals surface area contributed by atoms with Crippen LogP contribution in [0.5, 0.6) is 0 Å². The van der Waals surface area contributed by atoms with Crippen LogP contribution in [0.4, 0.5) is 0 Å². The van der Waals surface area contributed by atoms with Crippen molar-refractivity contribution in [2.45, 2.75) is 26.0 Å². The number of rotatable bonds is 3. The van der Waals surface area contributed by atoms with Crippen LogP contribution >= 0.6 is 11.6 Å². The number of carbonyl (C=O) groups excluding carboxylic acids is 2. The molecule has 2 aromatic rings. The molecule has 25 heavy (non-hydrogen) atoms. The van der Waals surface area contributed by atoms with Crippen molar-refractivity contribution in [1.82, 2.24) is 14.7 Å². The van der Waals surface area contributed by atoms with E-state index in [1.165, 1.54) is 4.90 Å². The van der Waals surface area contributed by atoms with Crippen molar-refractivity contribution in [3.8, 4) is 5.69 Å². The molecule has 1 aliphatic heterocycles. The highest BCUT2D eigenvalue weighted by Crippen LogP contribution is 2.22. The summed E-state index contributed by atoms with van der Waals surface area (Å²) in [4.78, 5) is 26.2. The first-order chi connectivity index (χ1) is 11.9. The zero-order valence-corrected chi connectivity index (χ0v) is 14.7. The van der Waals surface area contributed by atoms with Crippen molar-refractivity contribution >= 4 is 23.4 Å². The summed E-state index contributed by atoms with van der Waals surface area (Å²) in [5.41, 5.74) is 7.09. The Labute approximate surface area is 150 Å². The van der Waals surface area contributed by atoms with Gasteiger partial charge in [0.05, 0.1) is 23.4 Å². The lowest BCUT2D eigenvalue weighted by atomic mass is 10.1. The van der Waals surface area contributed by atoms with E-state index >= 15 is 0 Å². The smallest absolute Gasteiger partial charge is 0.275 e. The van der Waals surface area contributed by atoms with Gasteiger partial charge in [-0.3, -0.25) is 9.59 Å². The number of halogens is 1. The normalized spacial score (nSPS) is 20.5. The molecular weight excluding hydrogens is 344 g/mol. The lowest BCUT2D eigenvalue weighted by Gasteiger charge is -2.37. The fourth-order valence-corrected chi connectivity index (χ4v) is 3.22. The highest BCUT2D eigenvalue weighted by Gasteiger charge is 2.38. The molecular formula is C17H19ClN4O3. The molecule has 2 atom stereocenters. The molecule has 0 spiro atoms. The lowest BCUT2D eigenvalue weighted by molar-refractivity contribution is -0.132. The van der Waals surface area contributed by atoms with Gasteiger partial charge in [-0.25, -0.2) is 4.68 Å². The van der Waals surface area contributed by atoms with E-state index in [0.717, 1.165) is 0 Å². The van der Waals surface area contributed by atoms with Crippen LogP contribution in [-0.4, -0.2) is 51.8 Å². The summed E-state index contributed by atoms with van der Waals surface area (Å²) in [6.45, 7) is 4.15. The van der Waals surface area contributed by atoms with Gasteiger partial charge >= 0.3 is 0 Å². The van der Waals surface area contributed by atoms with Crippen molar-refractivity contribution in [2.24, 2.45) is 5.73 Å². The van der Waals surface area contributed by atoms with E-state index in [9.17, 15) is 9.59 Å². The Bertz CT molecular complexity index is 820. The van der Waals surface area contributed by atoms with Crippen LogP contribution < -0.4 is 5.73 Å². The number of ether oxygens (including phenoxy) is 1. The van der Waals surface area contributed by atoms with Crippen LogP contribution in [0.25, 0.3) is 5.69 Å². The predicted octanol–water partition coefficient (Wildman–Crippen LogP) is 1.55. The second-order valence-corrected chi connectivity index (χ2v) is 6.39. The topological polar surface area (TPSA) is 90.4 Å². The van der Waals surface area contributed by atoms with Gasteiger partial charge in [-0.2, -0.15) is 5.10 Å². The average molecular weight is 363 g/mol. The maximum absolute atomic E-state index is 13.0. The van der Waals surface area contributed by atoms with E-state index in [0.29, 0.717) is 22.9 Å². The van der Waals surface area contributed by atoms with E-state index in [2.05, 4.69) is 5.10 Å². The molecule has 0 unspecified atom stereocenters. The van der Waals surface area contributed by atoms with Gasteiger partial charge in [0.2, 0.25) is 5.91 Å². The third kappa shape index (κ3) is 3.25. The van der Waals surface area contributed by atoms with E-state index in [4.69, 9.17) is 22.1 Å². The Morgan fingerprint density at radius 3 is 2.76 bits per heavy atom. The second kappa shape index (κ2) is 6.85. The minimum Gasteiger partial charge on any atom is -0.374 e. The minimum atomic E-state index is -0.814. The van der Waals surface area contributed by atoms with Crippen molar-refractivity contribution < 1.29 is 14.3 Å². The molecule has 0 bridgehead atoms. The van der Waals surface area contributed by atoms with Gasteiger partial charge in [0, 0.05) is 18.3 Å². The number of morpholine rings is 1. The molecule has 2 heterocycles. The number of nitrogens with two attached hydrogens (primary N) is 1. The Balaban J connectivity index is 1.95. The molecule has 0 radical (unpaired) electrons. The molecule has 1 aromatic heterocycles. The van der Waals surface area contributed by atoms with Crippen LogP contribution in [0.3, 0.4) is 0 Å².